The number of aliphatic hydroxyl groups is 1. The second-order valence-electron chi connectivity index (χ2n) is 9.36. The maximum absolute atomic E-state index is 11.1. The molecule has 1 aliphatic rings. The summed E-state index contributed by atoms with van der Waals surface area (Å²) in [5.74, 6) is -0.857. The van der Waals surface area contributed by atoms with Crippen LogP contribution in [0.1, 0.15) is 67.9 Å². The van der Waals surface area contributed by atoms with Crippen molar-refractivity contribution in [1.29, 1.82) is 0 Å². The van der Waals surface area contributed by atoms with E-state index in [0.717, 1.165) is 48.4 Å². The first-order valence-electron chi connectivity index (χ1n) is 12.6. The van der Waals surface area contributed by atoms with Crippen LogP contribution in [0.4, 0.5) is 0 Å². The Bertz CT molecular complexity index is 983. The van der Waals surface area contributed by atoms with Crippen LogP contribution in [0.5, 0.6) is 0 Å². The molecule has 0 aromatic heterocycles. The van der Waals surface area contributed by atoms with Crippen LogP contribution in [0.3, 0.4) is 0 Å². The molecule has 1 aliphatic heterocycles. The lowest BCUT2D eigenvalue weighted by molar-refractivity contribution is -0.136. The summed E-state index contributed by atoms with van der Waals surface area (Å²) in [6, 6.07) is 12.3. The standard InChI is InChI=1S/C28H37Cl2NO4/c1-3-20-15-19(10-12-25(20)29)16-21-7-6-14-31(21)17-22(32)18-35-27(4-2)24-8-5-9-26(30)23(24)11-13-28(33)34/h5,8-10,12,15,21-22,27,32H,3-4,6-7,11,13-14,16-18H2,1-2H3,(H,33,34)/t21-,22+,27+/m0/s1. The predicted molar refractivity (Wildman–Crippen MR) is 142 cm³/mol. The van der Waals surface area contributed by atoms with Crippen molar-refractivity contribution >= 4 is 29.2 Å². The monoisotopic (exact) mass is 521 g/mol. The Morgan fingerprint density at radius 3 is 2.71 bits per heavy atom. The van der Waals surface area contributed by atoms with E-state index in [1.54, 1.807) is 6.07 Å². The molecule has 3 atom stereocenters. The van der Waals surface area contributed by atoms with Crippen molar-refractivity contribution in [2.24, 2.45) is 0 Å². The molecule has 2 aromatic carbocycles. The van der Waals surface area contributed by atoms with Crippen molar-refractivity contribution in [3.63, 3.8) is 0 Å². The van der Waals surface area contributed by atoms with Crippen LogP contribution >= 0.6 is 23.2 Å². The van der Waals surface area contributed by atoms with Crippen molar-refractivity contribution in [2.45, 2.75) is 77.0 Å². The highest BCUT2D eigenvalue weighted by Gasteiger charge is 2.27. The third-order valence-corrected chi connectivity index (χ3v) is 7.58. The number of aliphatic hydroxyl groups excluding tert-OH is 1. The summed E-state index contributed by atoms with van der Waals surface area (Å²) < 4.78 is 6.15. The number of likely N-dealkylation sites (tertiary alicyclic amines) is 1. The van der Waals surface area contributed by atoms with E-state index in [1.165, 1.54) is 11.1 Å². The second-order valence-corrected chi connectivity index (χ2v) is 10.2. The number of β-amino-alcohol motifs (C(OH)–C–C–N with tert-alkyl or cyclic N) is 1. The lowest BCUT2D eigenvalue weighted by Gasteiger charge is -2.28. The fourth-order valence-electron chi connectivity index (χ4n) is 5.02. The highest BCUT2D eigenvalue weighted by molar-refractivity contribution is 6.31. The van der Waals surface area contributed by atoms with Gasteiger partial charge in [0.2, 0.25) is 0 Å². The average Bonchev–Trinajstić information content (AvgIpc) is 3.26. The molecule has 5 nitrogen and oxygen atoms in total. The minimum absolute atomic E-state index is 0.0134. The molecule has 0 radical (unpaired) electrons. The Balaban J connectivity index is 1.58. The fraction of sp³-hybridized carbons (Fsp3) is 0.536. The molecule has 0 unspecified atom stereocenters. The number of rotatable bonds is 13. The number of carboxylic acids is 1. The summed E-state index contributed by atoms with van der Waals surface area (Å²) in [6.45, 7) is 5.89. The predicted octanol–water partition coefficient (Wildman–Crippen LogP) is 6.11. The van der Waals surface area contributed by atoms with Crippen LogP contribution in [0.15, 0.2) is 36.4 Å². The fourth-order valence-corrected chi connectivity index (χ4v) is 5.54. The zero-order valence-corrected chi connectivity index (χ0v) is 22.2. The molecule has 1 heterocycles. The van der Waals surface area contributed by atoms with Crippen LogP contribution in [0.2, 0.25) is 10.0 Å². The molecule has 1 fully saturated rings. The van der Waals surface area contributed by atoms with E-state index in [4.69, 9.17) is 33.0 Å². The number of nitrogens with zero attached hydrogens (tertiary/aromatic N) is 1. The van der Waals surface area contributed by atoms with Crippen molar-refractivity contribution < 1.29 is 19.7 Å². The molecule has 35 heavy (non-hydrogen) atoms. The van der Waals surface area contributed by atoms with Crippen LogP contribution in [-0.4, -0.2) is 52.9 Å². The maximum Gasteiger partial charge on any atom is 0.303 e. The first-order chi connectivity index (χ1) is 16.8. The molecule has 0 aliphatic carbocycles. The Labute approximate surface area is 219 Å². The van der Waals surface area contributed by atoms with Gasteiger partial charge in [0.1, 0.15) is 0 Å². The van der Waals surface area contributed by atoms with Crippen LogP contribution in [0, 0.1) is 0 Å². The molecule has 0 saturated carbocycles. The van der Waals surface area contributed by atoms with Crippen molar-refractivity contribution in [2.75, 3.05) is 19.7 Å². The normalized spacial score (nSPS) is 18.0. The van der Waals surface area contributed by atoms with Gasteiger partial charge < -0.3 is 14.9 Å². The lowest BCUT2D eigenvalue weighted by Crippen LogP contribution is -2.39. The third kappa shape index (κ3) is 7.93. The van der Waals surface area contributed by atoms with Gasteiger partial charge in [-0.1, -0.05) is 61.3 Å². The van der Waals surface area contributed by atoms with E-state index >= 15 is 0 Å². The third-order valence-electron chi connectivity index (χ3n) is 6.86. The van der Waals surface area contributed by atoms with Gasteiger partial charge in [-0.15, -0.1) is 0 Å². The SMILES string of the molecule is CCc1cc(C[C@@H]2CCCN2C[C@@H](O)CO[C@H](CC)c2cccc(Cl)c2CCC(=O)O)ccc1Cl. The molecule has 1 saturated heterocycles. The van der Waals surface area contributed by atoms with Gasteiger partial charge in [0.15, 0.2) is 0 Å². The van der Waals surface area contributed by atoms with E-state index < -0.39 is 12.1 Å². The van der Waals surface area contributed by atoms with Gasteiger partial charge in [0.05, 0.1) is 18.8 Å². The summed E-state index contributed by atoms with van der Waals surface area (Å²) in [6.07, 6.45) is 4.32. The van der Waals surface area contributed by atoms with Gasteiger partial charge in [-0.25, -0.2) is 0 Å². The maximum atomic E-state index is 11.1. The summed E-state index contributed by atoms with van der Waals surface area (Å²) >= 11 is 12.7. The topological polar surface area (TPSA) is 70.0 Å². The largest absolute Gasteiger partial charge is 0.481 e. The van der Waals surface area contributed by atoms with Crippen molar-refractivity contribution in [3.8, 4) is 0 Å². The Morgan fingerprint density at radius 1 is 1.20 bits per heavy atom. The molecule has 0 amide bonds. The first kappa shape index (κ1) is 27.9. The smallest absolute Gasteiger partial charge is 0.303 e. The van der Waals surface area contributed by atoms with Gasteiger partial charge in [-0.05, 0) is 79.5 Å². The number of aliphatic carboxylic acids is 1. The molecule has 0 bridgehead atoms. The second kappa shape index (κ2) is 13.6. The molecule has 2 N–H and O–H groups in total. The van der Waals surface area contributed by atoms with Gasteiger partial charge in [-0.2, -0.15) is 0 Å². The Kier molecular flexibility index (Phi) is 10.9. The zero-order chi connectivity index (χ0) is 25.4. The van der Waals surface area contributed by atoms with Gasteiger partial charge in [-0.3, -0.25) is 9.69 Å². The quantitative estimate of drug-likeness (QED) is 0.332. The summed E-state index contributed by atoms with van der Waals surface area (Å²) in [5.41, 5.74) is 4.18. The van der Waals surface area contributed by atoms with E-state index in [-0.39, 0.29) is 19.1 Å². The zero-order valence-electron chi connectivity index (χ0n) is 20.7. The molecule has 7 heteroatoms. The number of carbonyl (C=O) groups is 1. The Morgan fingerprint density at radius 2 is 2.00 bits per heavy atom. The highest BCUT2D eigenvalue weighted by Crippen LogP contribution is 2.31. The highest BCUT2D eigenvalue weighted by atomic mass is 35.5. The lowest BCUT2D eigenvalue weighted by atomic mass is 9.97. The van der Waals surface area contributed by atoms with E-state index in [9.17, 15) is 9.90 Å². The van der Waals surface area contributed by atoms with Crippen LogP contribution in [-0.2, 0) is 28.8 Å². The van der Waals surface area contributed by atoms with Crippen LogP contribution < -0.4 is 0 Å². The molecular weight excluding hydrogens is 485 g/mol. The van der Waals surface area contributed by atoms with E-state index in [1.807, 2.05) is 25.1 Å². The summed E-state index contributed by atoms with van der Waals surface area (Å²) in [7, 11) is 0. The number of ether oxygens (including phenoxy) is 1. The van der Waals surface area contributed by atoms with Gasteiger partial charge in [0.25, 0.3) is 0 Å². The van der Waals surface area contributed by atoms with Crippen molar-refractivity contribution in [1.82, 2.24) is 4.90 Å². The number of benzene rings is 2. The average molecular weight is 523 g/mol. The van der Waals surface area contributed by atoms with Gasteiger partial charge in [0, 0.05) is 29.1 Å². The Hall–Kier alpha value is -1.63. The minimum atomic E-state index is -0.857. The number of aryl methyl sites for hydroxylation is 1. The molecule has 3 rings (SSSR count). The number of halogens is 2. The molecule has 2 aromatic rings. The summed E-state index contributed by atoms with van der Waals surface area (Å²) in [4.78, 5) is 13.5. The number of hydrogen-bond donors (Lipinski definition) is 2. The molecule has 0 spiro atoms. The van der Waals surface area contributed by atoms with E-state index in [0.29, 0.717) is 30.5 Å². The first-order valence-corrected chi connectivity index (χ1v) is 13.4. The van der Waals surface area contributed by atoms with Gasteiger partial charge >= 0.3 is 5.97 Å². The molecular formula is C28H37Cl2NO4. The van der Waals surface area contributed by atoms with Crippen molar-refractivity contribution in [3.05, 3.63) is 68.7 Å². The van der Waals surface area contributed by atoms with E-state index in [2.05, 4.69) is 24.0 Å². The number of hydrogen-bond acceptors (Lipinski definition) is 4. The molecule has 192 valence electrons. The number of carboxylic acid groups (broad SMARTS) is 1. The van der Waals surface area contributed by atoms with Crippen LogP contribution in [0.25, 0.3) is 0 Å². The minimum Gasteiger partial charge on any atom is -0.481 e. The summed E-state index contributed by atoms with van der Waals surface area (Å²) in [5, 5.41) is 21.3.